The molecule has 112 valence electrons. The number of nitrogens with zero attached hydrogens (tertiary/aromatic N) is 2. The van der Waals surface area contributed by atoms with Crippen LogP contribution in [-0.4, -0.2) is 34.6 Å². The van der Waals surface area contributed by atoms with Crippen LogP contribution >= 0.6 is 11.3 Å². The Hall–Kier alpha value is -0.450. The molecule has 3 nitrogen and oxygen atoms in total. The number of nitrogens with one attached hydrogen (secondary N) is 1. The minimum absolute atomic E-state index is 0.416. The maximum Gasteiger partial charge on any atom is 0.107 e. The van der Waals surface area contributed by atoms with Crippen LogP contribution in [0.1, 0.15) is 51.0 Å². The zero-order valence-corrected chi connectivity index (χ0v) is 13.6. The van der Waals surface area contributed by atoms with Gasteiger partial charge in [0, 0.05) is 36.2 Å². The van der Waals surface area contributed by atoms with Crippen molar-refractivity contribution < 1.29 is 0 Å². The van der Waals surface area contributed by atoms with E-state index in [0.717, 1.165) is 12.5 Å². The van der Waals surface area contributed by atoms with E-state index in [0.29, 0.717) is 11.6 Å². The van der Waals surface area contributed by atoms with E-state index in [1.54, 1.807) is 11.3 Å². The van der Waals surface area contributed by atoms with Gasteiger partial charge in [0.1, 0.15) is 5.01 Å². The van der Waals surface area contributed by atoms with Gasteiger partial charge in [-0.15, -0.1) is 11.3 Å². The van der Waals surface area contributed by atoms with Crippen LogP contribution in [-0.2, 0) is 6.54 Å². The van der Waals surface area contributed by atoms with Crippen molar-refractivity contribution in [3.05, 3.63) is 16.6 Å². The molecule has 1 aliphatic heterocycles. The molecule has 0 aromatic carbocycles. The van der Waals surface area contributed by atoms with Gasteiger partial charge in [0.25, 0.3) is 0 Å². The summed E-state index contributed by atoms with van der Waals surface area (Å²) >= 11 is 1.80. The van der Waals surface area contributed by atoms with Crippen LogP contribution in [0.4, 0.5) is 0 Å². The van der Waals surface area contributed by atoms with Crippen LogP contribution in [0.25, 0.3) is 0 Å². The minimum Gasteiger partial charge on any atom is -0.311 e. The van der Waals surface area contributed by atoms with Gasteiger partial charge in [-0.3, -0.25) is 4.90 Å². The monoisotopic (exact) mass is 293 g/mol. The van der Waals surface area contributed by atoms with Crippen molar-refractivity contribution in [3.63, 3.8) is 0 Å². The average molecular weight is 293 g/mol. The molecule has 1 aromatic heterocycles. The largest absolute Gasteiger partial charge is 0.311 e. The highest BCUT2D eigenvalue weighted by Gasteiger charge is 2.43. The molecule has 1 aliphatic carbocycles. The number of rotatable bonds is 4. The molecule has 4 heteroatoms. The van der Waals surface area contributed by atoms with E-state index in [2.05, 4.69) is 34.4 Å². The highest BCUT2D eigenvalue weighted by atomic mass is 32.1. The molecule has 1 spiro atoms. The first-order valence-corrected chi connectivity index (χ1v) is 8.93. The lowest BCUT2D eigenvalue weighted by Gasteiger charge is -2.48. The molecule has 2 aliphatic rings. The van der Waals surface area contributed by atoms with E-state index in [1.807, 2.05) is 6.20 Å². The van der Waals surface area contributed by atoms with E-state index < -0.39 is 0 Å². The molecule has 0 bridgehead atoms. The Kier molecular flexibility index (Phi) is 4.43. The van der Waals surface area contributed by atoms with Gasteiger partial charge < -0.3 is 5.32 Å². The maximum atomic E-state index is 4.51. The molecule has 1 unspecified atom stereocenters. The summed E-state index contributed by atoms with van der Waals surface area (Å²) in [5, 5.41) is 7.21. The summed E-state index contributed by atoms with van der Waals surface area (Å²) in [7, 11) is 0. The molecule has 1 atom stereocenters. The van der Waals surface area contributed by atoms with E-state index in [-0.39, 0.29) is 0 Å². The lowest BCUT2D eigenvalue weighted by molar-refractivity contribution is 0.0314. The molecule has 1 saturated carbocycles. The quantitative estimate of drug-likeness (QED) is 0.923. The Morgan fingerprint density at radius 2 is 2.25 bits per heavy atom. The van der Waals surface area contributed by atoms with Gasteiger partial charge in [-0.05, 0) is 25.2 Å². The summed E-state index contributed by atoms with van der Waals surface area (Å²) in [6.07, 6.45) is 8.73. The molecule has 1 saturated heterocycles. The van der Waals surface area contributed by atoms with Gasteiger partial charge in [0.2, 0.25) is 0 Å². The summed E-state index contributed by atoms with van der Waals surface area (Å²) < 4.78 is 0. The minimum atomic E-state index is 0.416. The van der Waals surface area contributed by atoms with Crippen LogP contribution in [0.2, 0.25) is 0 Å². The van der Waals surface area contributed by atoms with E-state index in [4.69, 9.17) is 0 Å². The van der Waals surface area contributed by atoms with Gasteiger partial charge in [-0.1, -0.05) is 26.7 Å². The first-order chi connectivity index (χ1) is 9.68. The fraction of sp³-hybridized carbons (Fsp3) is 0.812. The van der Waals surface area contributed by atoms with Crippen molar-refractivity contribution >= 4 is 11.3 Å². The first-order valence-electron chi connectivity index (χ1n) is 8.05. The smallest absolute Gasteiger partial charge is 0.107 e. The molecular weight excluding hydrogens is 266 g/mol. The normalized spacial score (nSPS) is 26.6. The number of hydrogen-bond donors (Lipinski definition) is 1. The summed E-state index contributed by atoms with van der Waals surface area (Å²) in [5.74, 6) is 0.770. The number of piperazine rings is 1. The second-order valence-corrected chi connectivity index (χ2v) is 7.92. The fourth-order valence-corrected chi connectivity index (χ4v) is 4.58. The summed E-state index contributed by atoms with van der Waals surface area (Å²) in [5.41, 5.74) is 0.416. The standard InChI is InChI=1S/C16H27N3S/c1-13(2)9-14-10-19(11-15-17-7-8-20-15)16(12-18-14)5-3-4-6-16/h7-8,13-14,18H,3-6,9-12H2,1-2H3. The fourth-order valence-electron chi connectivity index (χ4n) is 3.95. The topological polar surface area (TPSA) is 28.2 Å². The van der Waals surface area contributed by atoms with Crippen molar-refractivity contribution in [3.8, 4) is 0 Å². The van der Waals surface area contributed by atoms with Gasteiger partial charge in [-0.2, -0.15) is 0 Å². The Morgan fingerprint density at radius 1 is 1.45 bits per heavy atom. The molecule has 0 radical (unpaired) electrons. The second kappa shape index (κ2) is 6.12. The molecule has 1 N–H and O–H groups in total. The summed E-state index contributed by atoms with van der Waals surface area (Å²) in [6.45, 7) is 8.07. The van der Waals surface area contributed by atoms with Crippen LogP contribution in [0, 0.1) is 5.92 Å². The highest BCUT2D eigenvalue weighted by Crippen LogP contribution is 2.38. The van der Waals surface area contributed by atoms with Crippen LogP contribution in [0.3, 0.4) is 0 Å². The maximum absolute atomic E-state index is 4.51. The highest BCUT2D eigenvalue weighted by molar-refractivity contribution is 7.09. The summed E-state index contributed by atoms with van der Waals surface area (Å²) in [6, 6.07) is 0.654. The van der Waals surface area contributed by atoms with Crippen LogP contribution in [0.15, 0.2) is 11.6 Å². The third kappa shape index (κ3) is 3.07. The zero-order chi connectivity index (χ0) is 14.0. The van der Waals surface area contributed by atoms with Crippen molar-refractivity contribution in [1.29, 1.82) is 0 Å². The lowest BCUT2D eigenvalue weighted by Crippen LogP contribution is -2.63. The van der Waals surface area contributed by atoms with Gasteiger partial charge in [-0.25, -0.2) is 4.98 Å². The molecule has 0 amide bonds. The van der Waals surface area contributed by atoms with E-state index >= 15 is 0 Å². The van der Waals surface area contributed by atoms with Crippen LogP contribution < -0.4 is 5.32 Å². The Balaban J connectivity index is 1.72. The predicted octanol–water partition coefficient (Wildman–Crippen LogP) is 3.28. The lowest BCUT2D eigenvalue weighted by atomic mass is 9.89. The third-order valence-electron chi connectivity index (χ3n) is 4.93. The van der Waals surface area contributed by atoms with Gasteiger partial charge >= 0.3 is 0 Å². The number of thiazole rings is 1. The Morgan fingerprint density at radius 3 is 2.90 bits per heavy atom. The van der Waals surface area contributed by atoms with Crippen molar-refractivity contribution in [2.75, 3.05) is 13.1 Å². The Bertz CT molecular complexity index is 409. The van der Waals surface area contributed by atoms with E-state index in [1.165, 1.54) is 50.2 Å². The zero-order valence-electron chi connectivity index (χ0n) is 12.8. The second-order valence-electron chi connectivity index (χ2n) is 6.95. The molecule has 2 heterocycles. The Labute approximate surface area is 126 Å². The summed E-state index contributed by atoms with van der Waals surface area (Å²) in [4.78, 5) is 7.26. The van der Waals surface area contributed by atoms with Crippen molar-refractivity contribution in [1.82, 2.24) is 15.2 Å². The van der Waals surface area contributed by atoms with Crippen LogP contribution in [0.5, 0.6) is 0 Å². The van der Waals surface area contributed by atoms with E-state index in [9.17, 15) is 0 Å². The molecular formula is C16H27N3S. The number of hydrogen-bond acceptors (Lipinski definition) is 4. The predicted molar refractivity (Wildman–Crippen MR) is 85.0 cm³/mol. The number of aromatic nitrogens is 1. The molecule has 3 rings (SSSR count). The SMILES string of the molecule is CC(C)CC1CN(Cc2nccs2)C2(CCCC2)CN1. The molecule has 2 fully saturated rings. The first kappa shape index (κ1) is 14.5. The van der Waals surface area contributed by atoms with Crippen molar-refractivity contribution in [2.45, 2.75) is 64.1 Å². The molecule has 20 heavy (non-hydrogen) atoms. The van der Waals surface area contributed by atoms with Gasteiger partial charge in [0.15, 0.2) is 0 Å². The average Bonchev–Trinajstić information content (AvgIpc) is 3.05. The third-order valence-corrected chi connectivity index (χ3v) is 5.70. The molecule has 1 aromatic rings. The van der Waals surface area contributed by atoms with Gasteiger partial charge in [0.05, 0.1) is 6.54 Å². The van der Waals surface area contributed by atoms with Crippen molar-refractivity contribution in [2.24, 2.45) is 5.92 Å².